The second-order valence-electron chi connectivity index (χ2n) is 7.24. The predicted octanol–water partition coefficient (Wildman–Crippen LogP) is 2.26. The van der Waals surface area contributed by atoms with Gasteiger partial charge in [-0.05, 0) is 53.6 Å². The fraction of sp³-hybridized carbons (Fsp3) is 0.333. The van der Waals surface area contributed by atoms with Gasteiger partial charge >= 0.3 is 0 Å². The summed E-state index contributed by atoms with van der Waals surface area (Å²) in [6, 6.07) is 12.4. The van der Waals surface area contributed by atoms with Gasteiger partial charge in [0.25, 0.3) is 0 Å². The van der Waals surface area contributed by atoms with Crippen LogP contribution in [0.5, 0.6) is 0 Å². The molecule has 1 saturated heterocycles. The second-order valence-corrected chi connectivity index (χ2v) is 7.24. The van der Waals surface area contributed by atoms with Crippen LogP contribution >= 0.6 is 0 Å². The van der Waals surface area contributed by atoms with E-state index in [2.05, 4.69) is 25.6 Å². The molecule has 1 amide bonds. The number of nitrogens with zero attached hydrogens (tertiary/aromatic N) is 5. The zero-order valence-electron chi connectivity index (χ0n) is 16.7. The molecular weight excluding hydrogens is 387 g/mol. The molecule has 3 aromatic rings. The quantitative estimate of drug-likeness (QED) is 0.671. The molecule has 0 atom stereocenters. The minimum Gasteiger partial charge on any atom is -0.379 e. The van der Waals surface area contributed by atoms with Gasteiger partial charge in [-0.3, -0.25) is 9.69 Å². The van der Waals surface area contributed by atoms with Crippen LogP contribution in [-0.4, -0.2) is 57.3 Å². The molecule has 30 heavy (non-hydrogen) atoms. The zero-order chi connectivity index (χ0) is 20.9. The summed E-state index contributed by atoms with van der Waals surface area (Å²) in [6.07, 6.45) is 0. The highest BCUT2D eigenvalue weighted by molar-refractivity contribution is 5.90. The van der Waals surface area contributed by atoms with Crippen molar-refractivity contribution >= 4 is 11.6 Å². The summed E-state index contributed by atoms with van der Waals surface area (Å²) >= 11 is 0. The summed E-state index contributed by atoms with van der Waals surface area (Å²) < 4.78 is 18.8. The molecule has 1 aliphatic rings. The van der Waals surface area contributed by atoms with Crippen molar-refractivity contribution in [2.24, 2.45) is 0 Å². The lowest BCUT2D eigenvalue weighted by Gasteiger charge is -2.26. The first kappa shape index (κ1) is 20.1. The van der Waals surface area contributed by atoms with Crippen molar-refractivity contribution in [1.29, 1.82) is 0 Å². The molecule has 9 heteroatoms. The summed E-state index contributed by atoms with van der Waals surface area (Å²) in [5.41, 5.74) is 3.04. The van der Waals surface area contributed by atoms with Crippen molar-refractivity contribution in [2.75, 3.05) is 31.6 Å². The molecule has 4 rings (SSSR count). The number of ether oxygens (including phenoxy) is 1. The molecule has 0 radical (unpaired) electrons. The van der Waals surface area contributed by atoms with Gasteiger partial charge < -0.3 is 10.1 Å². The number of rotatable bonds is 6. The summed E-state index contributed by atoms with van der Waals surface area (Å²) in [6.45, 7) is 5.88. The maximum atomic E-state index is 13.4. The Morgan fingerprint density at radius 3 is 2.67 bits per heavy atom. The van der Waals surface area contributed by atoms with Gasteiger partial charge in [0.1, 0.15) is 12.4 Å². The van der Waals surface area contributed by atoms with Gasteiger partial charge in [-0.15, -0.1) is 10.2 Å². The SMILES string of the molecule is Cc1cc(-c2nnn(CC(=O)Nc3ccc(CN4CCOCC4)cc3)n2)ccc1F. The third-order valence-electron chi connectivity index (χ3n) is 4.90. The number of nitrogens with one attached hydrogen (secondary N) is 1. The number of benzene rings is 2. The smallest absolute Gasteiger partial charge is 0.248 e. The maximum Gasteiger partial charge on any atom is 0.248 e. The van der Waals surface area contributed by atoms with Crippen LogP contribution in [0.4, 0.5) is 10.1 Å². The molecule has 0 bridgehead atoms. The number of aromatic nitrogens is 4. The topological polar surface area (TPSA) is 85.2 Å². The fourth-order valence-electron chi connectivity index (χ4n) is 3.25. The fourth-order valence-corrected chi connectivity index (χ4v) is 3.25. The van der Waals surface area contributed by atoms with Crippen LogP contribution in [0.2, 0.25) is 0 Å². The third kappa shape index (κ3) is 5.05. The Morgan fingerprint density at radius 2 is 1.93 bits per heavy atom. The van der Waals surface area contributed by atoms with E-state index in [-0.39, 0.29) is 18.3 Å². The van der Waals surface area contributed by atoms with Crippen molar-refractivity contribution in [3.8, 4) is 11.4 Å². The standard InChI is InChI=1S/C21H23FN6O2/c1-15-12-17(4-7-19(15)22)21-24-26-28(25-21)14-20(29)23-18-5-2-16(3-6-18)13-27-8-10-30-11-9-27/h2-7,12H,8-11,13-14H2,1H3,(H,23,29). The number of carbonyl (C=O) groups is 1. The van der Waals surface area contributed by atoms with Gasteiger partial charge in [-0.2, -0.15) is 4.80 Å². The first-order valence-corrected chi connectivity index (χ1v) is 9.80. The molecule has 1 N–H and O–H groups in total. The van der Waals surface area contributed by atoms with Crippen LogP contribution < -0.4 is 5.32 Å². The predicted molar refractivity (Wildman–Crippen MR) is 109 cm³/mol. The Bertz CT molecular complexity index is 1010. The van der Waals surface area contributed by atoms with E-state index in [4.69, 9.17) is 4.74 Å². The summed E-state index contributed by atoms with van der Waals surface area (Å²) in [4.78, 5) is 15.9. The zero-order valence-corrected chi connectivity index (χ0v) is 16.7. The Hall–Kier alpha value is -3.17. The van der Waals surface area contributed by atoms with E-state index in [1.54, 1.807) is 19.1 Å². The van der Waals surface area contributed by atoms with Gasteiger partial charge in [0.15, 0.2) is 0 Å². The number of aryl methyl sites for hydroxylation is 1. The van der Waals surface area contributed by atoms with E-state index in [1.165, 1.54) is 16.4 Å². The molecule has 0 aliphatic carbocycles. The van der Waals surface area contributed by atoms with Crippen molar-refractivity contribution in [1.82, 2.24) is 25.1 Å². The molecule has 0 saturated carbocycles. The molecule has 1 aliphatic heterocycles. The third-order valence-corrected chi connectivity index (χ3v) is 4.90. The van der Waals surface area contributed by atoms with E-state index < -0.39 is 0 Å². The first-order valence-electron chi connectivity index (χ1n) is 9.80. The van der Waals surface area contributed by atoms with Gasteiger partial charge in [0, 0.05) is 30.9 Å². The summed E-state index contributed by atoms with van der Waals surface area (Å²) in [5, 5.41) is 14.9. The maximum absolute atomic E-state index is 13.4. The first-order chi connectivity index (χ1) is 14.6. The van der Waals surface area contributed by atoms with Crippen molar-refractivity contribution in [2.45, 2.75) is 20.0 Å². The molecule has 156 valence electrons. The number of halogens is 1. The molecule has 0 spiro atoms. The Morgan fingerprint density at radius 1 is 1.17 bits per heavy atom. The molecule has 1 aromatic heterocycles. The van der Waals surface area contributed by atoms with Crippen LogP contribution in [0.25, 0.3) is 11.4 Å². The highest BCUT2D eigenvalue weighted by atomic mass is 19.1. The number of morpholine rings is 1. The van der Waals surface area contributed by atoms with Gasteiger partial charge in [-0.1, -0.05) is 12.1 Å². The normalized spacial score (nSPS) is 14.6. The van der Waals surface area contributed by atoms with E-state index in [9.17, 15) is 9.18 Å². The Labute approximate surface area is 173 Å². The molecular formula is C21H23FN6O2. The highest BCUT2D eigenvalue weighted by Gasteiger charge is 2.12. The molecule has 2 aromatic carbocycles. The Balaban J connectivity index is 1.32. The lowest BCUT2D eigenvalue weighted by atomic mass is 10.1. The van der Waals surface area contributed by atoms with Crippen molar-refractivity contribution in [3.63, 3.8) is 0 Å². The van der Waals surface area contributed by atoms with E-state index >= 15 is 0 Å². The van der Waals surface area contributed by atoms with Crippen LogP contribution in [0.3, 0.4) is 0 Å². The molecule has 1 fully saturated rings. The summed E-state index contributed by atoms with van der Waals surface area (Å²) in [7, 11) is 0. The number of hydrogen-bond donors (Lipinski definition) is 1. The number of amides is 1. The largest absolute Gasteiger partial charge is 0.379 e. The number of anilines is 1. The molecule has 2 heterocycles. The van der Waals surface area contributed by atoms with E-state index in [0.717, 1.165) is 32.8 Å². The van der Waals surface area contributed by atoms with Crippen LogP contribution in [-0.2, 0) is 22.6 Å². The van der Waals surface area contributed by atoms with Crippen molar-refractivity contribution < 1.29 is 13.9 Å². The van der Waals surface area contributed by atoms with Crippen LogP contribution in [0, 0.1) is 12.7 Å². The summed E-state index contributed by atoms with van der Waals surface area (Å²) in [5.74, 6) is -0.199. The molecule has 0 unspecified atom stereocenters. The number of tetrazole rings is 1. The van der Waals surface area contributed by atoms with Gasteiger partial charge in [0.2, 0.25) is 11.7 Å². The van der Waals surface area contributed by atoms with E-state index in [0.29, 0.717) is 22.6 Å². The average molecular weight is 410 g/mol. The lowest BCUT2D eigenvalue weighted by Crippen LogP contribution is -2.35. The number of hydrogen-bond acceptors (Lipinski definition) is 6. The van der Waals surface area contributed by atoms with Crippen LogP contribution in [0.15, 0.2) is 42.5 Å². The second kappa shape index (κ2) is 9.10. The average Bonchev–Trinajstić information content (AvgIpc) is 3.20. The van der Waals surface area contributed by atoms with Crippen molar-refractivity contribution in [3.05, 3.63) is 59.4 Å². The van der Waals surface area contributed by atoms with Gasteiger partial charge in [0.05, 0.1) is 13.2 Å². The Kier molecular flexibility index (Phi) is 6.10. The number of carbonyl (C=O) groups excluding carboxylic acids is 1. The highest BCUT2D eigenvalue weighted by Crippen LogP contribution is 2.17. The van der Waals surface area contributed by atoms with E-state index in [1.807, 2.05) is 24.3 Å². The minimum atomic E-state index is -0.290. The van der Waals surface area contributed by atoms with Gasteiger partial charge in [-0.25, -0.2) is 4.39 Å². The minimum absolute atomic E-state index is 0.0668. The van der Waals surface area contributed by atoms with Crippen LogP contribution in [0.1, 0.15) is 11.1 Å². The lowest BCUT2D eigenvalue weighted by molar-refractivity contribution is -0.117. The molecule has 8 nitrogen and oxygen atoms in total. The monoisotopic (exact) mass is 410 g/mol.